The second kappa shape index (κ2) is 7.28. The molecule has 0 amide bonds. The molecule has 0 N–H and O–H groups in total. The third kappa shape index (κ3) is 3.53. The molecule has 0 atom stereocenters. The van der Waals surface area contributed by atoms with Gasteiger partial charge in [0.25, 0.3) is 0 Å². The molecule has 5 aromatic rings. The Kier molecular flexibility index (Phi) is 4.76. The highest BCUT2D eigenvalue weighted by molar-refractivity contribution is 6.90. The fourth-order valence-corrected chi connectivity index (χ4v) is 6.38. The Balaban J connectivity index is 1.78. The van der Waals surface area contributed by atoms with Crippen LogP contribution < -0.4 is 5.19 Å². The van der Waals surface area contributed by atoms with Gasteiger partial charge in [-0.2, -0.15) is 0 Å². The van der Waals surface area contributed by atoms with E-state index in [0.29, 0.717) is 0 Å². The molecule has 0 bridgehead atoms. The van der Waals surface area contributed by atoms with Crippen LogP contribution in [0.3, 0.4) is 0 Å². The second-order valence-corrected chi connectivity index (χ2v) is 16.0. The first-order chi connectivity index (χ1) is 15.1. The number of nitrogens with zero attached hydrogens (tertiary/aromatic N) is 1. The average Bonchev–Trinajstić information content (AvgIpc) is 2.76. The first kappa shape index (κ1) is 20.9. The number of benzene rings is 4. The van der Waals surface area contributed by atoms with E-state index in [1.165, 1.54) is 48.6 Å². The molecule has 1 heterocycles. The summed E-state index contributed by atoms with van der Waals surface area (Å²) in [6.07, 6.45) is 1.97. The van der Waals surface area contributed by atoms with Crippen molar-refractivity contribution in [3.8, 4) is 11.3 Å². The van der Waals surface area contributed by atoms with Crippen molar-refractivity contribution in [1.82, 2.24) is 4.98 Å². The smallest absolute Gasteiger partial charge is 0.0784 e. The Labute approximate surface area is 192 Å². The van der Waals surface area contributed by atoms with Crippen molar-refractivity contribution in [3.63, 3.8) is 0 Å². The van der Waals surface area contributed by atoms with Crippen molar-refractivity contribution in [2.24, 2.45) is 0 Å². The van der Waals surface area contributed by atoms with Gasteiger partial charge in [-0.25, -0.2) is 0 Å². The summed E-state index contributed by atoms with van der Waals surface area (Å²) in [5.41, 5.74) is 3.81. The summed E-state index contributed by atoms with van der Waals surface area (Å²) in [5, 5.41) is 9.28. The maximum atomic E-state index is 4.89. The van der Waals surface area contributed by atoms with Crippen LogP contribution in [0.4, 0.5) is 0 Å². The molecule has 0 aliphatic heterocycles. The fourth-order valence-electron chi connectivity index (χ4n) is 4.76. The summed E-state index contributed by atoms with van der Waals surface area (Å²) >= 11 is 0. The molecule has 2 heteroatoms. The lowest BCUT2D eigenvalue weighted by molar-refractivity contribution is 0.591. The van der Waals surface area contributed by atoms with Crippen LogP contribution in [-0.4, -0.2) is 13.1 Å². The van der Waals surface area contributed by atoms with Crippen molar-refractivity contribution < 1.29 is 0 Å². The largest absolute Gasteiger partial charge is 0.256 e. The van der Waals surface area contributed by atoms with Gasteiger partial charge in [0, 0.05) is 17.1 Å². The van der Waals surface area contributed by atoms with Crippen LogP contribution in [0.1, 0.15) is 26.3 Å². The monoisotopic (exact) mass is 433 g/mol. The molecule has 0 fully saturated rings. The molecule has 0 aliphatic rings. The SMILES string of the molecule is CC(C)(C)c1ccc2c(ccc3c(-c4cc([Si](C)(C)C)c5ccccc5c4)nccc32)c1. The van der Waals surface area contributed by atoms with Crippen LogP contribution >= 0.6 is 0 Å². The van der Waals surface area contributed by atoms with Crippen LogP contribution in [-0.2, 0) is 5.41 Å². The van der Waals surface area contributed by atoms with Crippen molar-refractivity contribution in [2.75, 3.05) is 0 Å². The molecule has 32 heavy (non-hydrogen) atoms. The molecule has 0 saturated carbocycles. The number of pyridine rings is 1. The van der Waals surface area contributed by atoms with Gasteiger partial charge in [-0.15, -0.1) is 0 Å². The van der Waals surface area contributed by atoms with Gasteiger partial charge in [0.1, 0.15) is 0 Å². The van der Waals surface area contributed by atoms with Gasteiger partial charge in [-0.3, -0.25) is 4.98 Å². The van der Waals surface area contributed by atoms with Gasteiger partial charge < -0.3 is 0 Å². The van der Waals surface area contributed by atoms with E-state index in [1.54, 1.807) is 0 Å². The van der Waals surface area contributed by atoms with Crippen LogP contribution in [0.15, 0.2) is 79.0 Å². The molecule has 0 saturated heterocycles. The Morgan fingerprint density at radius 3 is 2.12 bits per heavy atom. The molecule has 0 aliphatic carbocycles. The van der Waals surface area contributed by atoms with Gasteiger partial charge in [-0.05, 0) is 50.0 Å². The maximum absolute atomic E-state index is 4.89. The Morgan fingerprint density at radius 1 is 0.656 bits per heavy atom. The molecular formula is C30H31NSi. The number of hydrogen-bond acceptors (Lipinski definition) is 1. The molecule has 0 unspecified atom stereocenters. The molecule has 0 radical (unpaired) electrons. The minimum atomic E-state index is -1.53. The predicted molar refractivity (Wildman–Crippen MR) is 144 cm³/mol. The van der Waals surface area contributed by atoms with Crippen molar-refractivity contribution in [1.29, 1.82) is 0 Å². The van der Waals surface area contributed by atoms with Gasteiger partial charge in [0.2, 0.25) is 0 Å². The van der Waals surface area contributed by atoms with E-state index in [2.05, 4.69) is 113 Å². The summed E-state index contributed by atoms with van der Waals surface area (Å²) < 4.78 is 0. The summed E-state index contributed by atoms with van der Waals surface area (Å²) in [7, 11) is -1.53. The Bertz CT molecular complexity index is 1480. The van der Waals surface area contributed by atoms with E-state index < -0.39 is 8.07 Å². The normalized spacial score (nSPS) is 12.7. The lowest BCUT2D eigenvalue weighted by atomic mass is 9.85. The second-order valence-electron chi connectivity index (χ2n) is 11.0. The van der Waals surface area contributed by atoms with Crippen molar-refractivity contribution in [2.45, 2.75) is 45.8 Å². The third-order valence-electron chi connectivity index (χ3n) is 6.57. The molecule has 5 rings (SSSR count). The van der Waals surface area contributed by atoms with Crippen molar-refractivity contribution >= 4 is 45.6 Å². The summed E-state index contributed by atoms with van der Waals surface area (Å²) in [6, 6.07) is 27.1. The lowest BCUT2D eigenvalue weighted by Gasteiger charge is -2.21. The zero-order chi connectivity index (χ0) is 22.7. The van der Waals surface area contributed by atoms with Gasteiger partial charge in [0.05, 0.1) is 13.8 Å². The highest BCUT2D eigenvalue weighted by Crippen LogP contribution is 2.35. The van der Waals surface area contributed by atoms with E-state index in [1.807, 2.05) is 6.20 Å². The first-order valence-electron chi connectivity index (χ1n) is 11.5. The number of fused-ring (bicyclic) bond motifs is 4. The van der Waals surface area contributed by atoms with Crippen LogP contribution in [0.25, 0.3) is 43.6 Å². The molecule has 4 aromatic carbocycles. The predicted octanol–water partition coefficient (Wildman–Crippen LogP) is 8.05. The van der Waals surface area contributed by atoms with Gasteiger partial charge in [-0.1, -0.05) is 106 Å². The number of hydrogen-bond donors (Lipinski definition) is 0. The molecular weight excluding hydrogens is 402 g/mol. The molecule has 160 valence electrons. The van der Waals surface area contributed by atoms with Crippen LogP contribution in [0.5, 0.6) is 0 Å². The zero-order valence-corrected chi connectivity index (χ0v) is 21.0. The van der Waals surface area contributed by atoms with Gasteiger partial charge >= 0.3 is 0 Å². The number of aromatic nitrogens is 1. The Hall–Kier alpha value is -2.97. The molecule has 0 spiro atoms. The zero-order valence-electron chi connectivity index (χ0n) is 20.0. The lowest BCUT2D eigenvalue weighted by Crippen LogP contribution is -2.38. The first-order valence-corrected chi connectivity index (χ1v) is 15.0. The molecule has 1 nitrogen and oxygen atoms in total. The van der Waals surface area contributed by atoms with E-state index in [4.69, 9.17) is 4.98 Å². The topological polar surface area (TPSA) is 12.9 Å². The summed E-state index contributed by atoms with van der Waals surface area (Å²) in [5.74, 6) is 0. The van der Waals surface area contributed by atoms with E-state index in [9.17, 15) is 0 Å². The van der Waals surface area contributed by atoms with Crippen LogP contribution in [0.2, 0.25) is 19.6 Å². The highest BCUT2D eigenvalue weighted by Gasteiger charge is 2.21. The quantitative estimate of drug-likeness (QED) is 0.203. The van der Waals surface area contributed by atoms with Gasteiger partial charge in [0.15, 0.2) is 0 Å². The summed E-state index contributed by atoms with van der Waals surface area (Å²) in [6.45, 7) is 14.1. The minimum Gasteiger partial charge on any atom is -0.256 e. The fraction of sp³-hybridized carbons (Fsp3) is 0.233. The van der Waals surface area contributed by atoms with Crippen molar-refractivity contribution in [3.05, 3.63) is 84.6 Å². The van der Waals surface area contributed by atoms with Crippen LogP contribution in [0, 0.1) is 0 Å². The molecule has 1 aromatic heterocycles. The number of rotatable bonds is 2. The maximum Gasteiger partial charge on any atom is 0.0784 e. The standard InChI is InChI=1S/C30H31NSi/c1-30(2,3)23-12-14-24-21(18-23)11-13-27-26(24)15-16-31-29(27)22-17-20-9-7-8-10-25(20)28(19-22)32(4,5)6/h7-19H,1-6H3. The third-order valence-corrected chi connectivity index (χ3v) is 8.60. The minimum absolute atomic E-state index is 0.144. The van der Waals surface area contributed by atoms with E-state index in [0.717, 1.165) is 5.69 Å². The summed E-state index contributed by atoms with van der Waals surface area (Å²) in [4.78, 5) is 4.89. The Morgan fingerprint density at radius 2 is 1.38 bits per heavy atom. The van der Waals surface area contributed by atoms with E-state index >= 15 is 0 Å². The average molecular weight is 434 g/mol. The highest BCUT2D eigenvalue weighted by atomic mass is 28.3. The van der Waals surface area contributed by atoms with E-state index in [-0.39, 0.29) is 5.41 Å².